The number of hydrogen-bond donors (Lipinski definition) is 4. The molecule has 6 N–H and O–H groups in total. The molecule has 0 aliphatic carbocycles. The lowest BCUT2D eigenvalue weighted by Crippen LogP contribution is -2.36. The van der Waals surface area contributed by atoms with E-state index in [-0.39, 0.29) is 24.2 Å². The lowest BCUT2D eigenvalue weighted by Gasteiger charge is -2.18. The zero-order valence-electron chi connectivity index (χ0n) is 11.8. The van der Waals surface area contributed by atoms with Crippen molar-refractivity contribution in [3.05, 3.63) is 16.7 Å². The summed E-state index contributed by atoms with van der Waals surface area (Å²) >= 11 is 0. The lowest BCUT2D eigenvalue weighted by atomic mass is 10.1. The number of aromatic nitrogens is 2. The number of rotatable bonds is 4. The molecule has 4 atom stereocenters. The number of aliphatic hydroxyl groups excluding tert-OH is 2. The quantitative estimate of drug-likeness (QED) is 0.523. The number of nitrogen functional groups attached to an aromatic ring is 2. The highest BCUT2D eigenvalue weighted by Gasteiger charge is 2.44. The third-order valence-electron chi connectivity index (χ3n) is 3.22. The molecular weight excluding hydrogens is 280 g/mol. The molecule has 9 nitrogen and oxygen atoms in total. The van der Waals surface area contributed by atoms with E-state index in [0.29, 0.717) is 0 Å². The van der Waals surface area contributed by atoms with Crippen molar-refractivity contribution in [3.8, 4) is 0 Å². The van der Waals surface area contributed by atoms with Crippen LogP contribution in [0, 0.1) is 0 Å². The maximum Gasteiger partial charge on any atom is 0.351 e. The summed E-state index contributed by atoms with van der Waals surface area (Å²) < 4.78 is 11.9. The number of nitrogens with two attached hydrogens (primary N) is 2. The van der Waals surface area contributed by atoms with Gasteiger partial charge in [-0.3, -0.25) is 4.57 Å². The monoisotopic (exact) mass is 300 g/mol. The molecule has 21 heavy (non-hydrogen) atoms. The van der Waals surface area contributed by atoms with E-state index in [9.17, 15) is 15.0 Å². The first-order chi connectivity index (χ1) is 9.81. The Morgan fingerprint density at radius 2 is 2.10 bits per heavy atom. The Morgan fingerprint density at radius 3 is 2.71 bits per heavy atom. The van der Waals surface area contributed by atoms with Gasteiger partial charge in [0.2, 0.25) is 0 Å². The first-order valence-corrected chi connectivity index (χ1v) is 6.58. The Kier molecular flexibility index (Phi) is 4.47. The summed E-state index contributed by atoms with van der Waals surface area (Å²) in [7, 11) is 0. The van der Waals surface area contributed by atoms with Crippen LogP contribution in [0.25, 0.3) is 0 Å². The van der Waals surface area contributed by atoms with Gasteiger partial charge in [-0.15, -0.1) is 0 Å². The molecule has 0 bridgehead atoms. The van der Waals surface area contributed by atoms with Gasteiger partial charge in [-0.1, -0.05) is 0 Å². The van der Waals surface area contributed by atoms with Crippen LogP contribution in [0.4, 0.5) is 11.5 Å². The Balaban J connectivity index is 2.21. The van der Waals surface area contributed by atoms with E-state index in [1.54, 1.807) is 0 Å². The third kappa shape index (κ3) is 3.16. The summed E-state index contributed by atoms with van der Waals surface area (Å²) in [5.74, 6) is -0.0935. The Morgan fingerprint density at radius 1 is 1.43 bits per heavy atom. The third-order valence-corrected chi connectivity index (χ3v) is 3.22. The summed E-state index contributed by atoms with van der Waals surface area (Å²) in [4.78, 5) is 15.3. The summed E-state index contributed by atoms with van der Waals surface area (Å²) in [5, 5.41) is 20.0. The van der Waals surface area contributed by atoms with Crippen molar-refractivity contribution in [1.29, 1.82) is 0 Å². The van der Waals surface area contributed by atoms with Gasteiger partial charge in [0.1, 0.15) is 18.3 Å². The number of anilines is 2. The van der Waals surface area contributed by atoms with Gasteiger partial charge in [0.15, 0.2) is 12.0 Å². The molecule has 1 aromatic rings. The van der Waals surface area contributed by atoms with Crippen molar-refractivity contribution in [3.63, 3.8) is 0 Å². The number of ether oxygens (including phenoxy) is 2. The van der Waals surface area contributed by atoms with Crippen LogP contribution in [-0.4, -0.2) is 50.8 Å². The van der Waals surface area contributed by atoms with Crippen LogP contribution in [0.2, 0.25) is 0 Å². The fourth-order valence-corrected chi connectivity index (χ4v) is 2.06. The second kappa shape index (κ2) is 5.98. The van der Waals surface area contributed by atoms with Crippen LogP contribution in [-0.2, 0) is 9.47 Å². The minimum absolute atomic E-state index is 0.0476. The maximum atomic E-state index is 11.8. The minimum Gasteiger partial charge on any atom is -0.395 e. The highest BCUT2D eigenvalue weighted by atomic mass is 16.6. The van der Waals surface area contributed by atoms with Crippen molar-refractivity contribution in [2.24, 2.45) is 0 Å². The predicted octanol–water partition coefficient (Wildman–Crippen LogP) is -1.55. The molecule has 118 valence electrons. The molecule has 0 unspecified atom stereocenters. The highest BCUT2D eigenvalue weighted by Crippen LogP contribution is 2.29. The largest absolute Gasteiger partial charge is 0.395 e. The van der Waals surface area contributed by atoms with E-state index in [4.69, 9.17) is 20.9 Å². The first-order valence-electron chi connectivity index (χ1n) is 6.58. The molecule has 1 aliphatic rings. The highest BCUT2D eigenvalue weighted by molar-refractivity contribution is 5.55. The van der Waals surface area contributed by atoms with E-state index >= 15 is 0 Å². The second-order valence-corrected chi connectivity index (χ2v) is 5.20. The van der Waals surface area contributed by atoms with Gasteiger partial charge in [-0.25, -0.2) is 4.79 Å². The van der Waals surface area contributed by atoms with Crippen molar-refractivity contribution in [2.75, 3.05) is 18.1 Å². The Bertz CT molecular complexity index is 561. The van der Waals surface area contributed by atoms with E-state index in [1.165, 1.54) is 6.20 Å². The topological polar surface area (TPSA) is 146 Å². The second-order valence-electron chi connectivity index (χ2n) is 5.20. The summed E-state index contributed by atoms with van der Waals surface area (Å²) in [5.41, 5.74) is 10.4. The van der Waals surface area contributed by atoms with Crippen LogP contribution in [0.3, 0.4) is 0 Å². The van der Waals surface area contributed by atoms with Crippen molar-refractivity contribution < 1.29 is 19.7 Å². The average molecular weight is 300 g/mol. The molecule has 1 saturated heterocycles. The molecule has 0 radical (unpaired) electrons. The molecule has 0 amide bonds. The molecule has 2 rings (SSSR count). The zero-order valence-corrected chi connectivity index (χ0v) is 11.8. The van der Waals surface area contributed by atoms with Crippen LogP contribution >= 0.6 is 0 Å². The molecule has 1 aromatic heterocycles. The first kappa shape index (κ1) is 15.7. The summed E-state index contributed by atoms with van der Waals surface area (Å²) in [6, 6.07) is 0. The SMILES string of the molecule is CC(C)OC[C@H]1O[C@@H](n2cc(N)c(N)nc2=O)[C@H](O)[C@@H]1O. The normalized spacial score (nSPS) is 29.2. The number of aliphatic hydroxyl groups is 2. The maximum absolute atomic E-state index is 11.8. The molecule has 0 aromatic carbocycles. The van der Waals surface area contributed by atoms with Gasteiger partial charge >= 0.3 is 5.69 Å². The van der Waals surface area contributed by atoms with Crippen molar-refractivity contribution in [2.45, 2.75) is 44.5 Å². The molecule has 1 fully saturated rings. The zero-order chi connectivity index (χ0) is 15.7. The predicted molar refractivity (Wildman–Crippen MR) is 74.3 cm³/mol. The molecule has 0 saturated carbocycles. The minimum atomic E-state index is -1.30. The molecule has 1 aliphatic heterocycles. The lowest BCUT2D eigenvalue weighted by molar-refractivity contribution is -0.0778. The standard InChI is InChI=1S/C12H20N4O5/c1-5(2)20-4-7-8(17)9(18)11(21-7)16-3-6(13)10(14)15-12(16)19/h3,5,7-9,11,17-18H,4,13H2,1-2H3,(H2,14,15,19)/t7-,8-,9-,11-/m1/s1. The van der Waals surface area contributed by atoms with Gasteiger partial charge in [0.25, 0.3) is 0 Å². The van der Waals surface area contributed by atoms with Gasteiger partial charge in [0.05, 0.1) is 18.4 Å². The Hall–Kier alpha value is -1.68. The molecular formula is C12H20N4O5. The smallest absolute Gasteiger partial charge is 0.351 e. The van der Waals surface area contributed by atoms with E-state index in [0.717, 1.165) is 4.57 Å². The van der Waals surface area contributed by atoms with Gasteiger partial charge in [-0.2, -0.15) is 4.98 Å². The van der Waals surface area contributed by atoms with Crippen molar-refractivity contribution >= 4 is 11.5 Å². The van der Waals surface area contributed by atoms with Crippen LogP contribution in [0.1, 0.15) is 20.1 Å². The summed E-state index contributed by atoms with van der Waals surface area (Å²) in [6.07, 6.45) is -3.14. The van der Waals surface area contributed by atoms with E-state index < -0.39 is 30.2 Å². The molecule has 0 spiro atoms. The van der Waals surface area contributed by atoms with Gasteiger partial charge in [-0.05, 0) is 13.8 Å². The molecule has 9 heteroatoms. The van der Waals surface area contributed by atoms with Crippen LogP contribution in [0.15, 0.2) is 11.0 Å². The fourth-order valence-electron chi connectivity index (χ4n) is 2.06. The Labute approximate surface area is 121 Å². The van der Waals surface area contributed by atoms with Crippen LogP contribution < -0.4 is 17.2 Å². The van der Waals surface area contributed by atoms with Crippen LogP contribution in [0.5, 0.6) is 0 Å². The van der Waals surface area contributed by atoms with Gasteiger partial charge in [0, 0.05) is 6.20 Å². The fraction of sp³-hybridized carbons (Fsp3) is 0.667. The van der Waals surface area contributed by atoms with E-state index in [2.05, 4.69) is 4.98 Å². The number of hydrogen-bond acceptors (Lipinski definition) is 8. The van der Waals surface area contributed by atoms with Gasteiger partial charge < -0.3 is 31.2 Å². The number of nitrogens with zero attached hydrogens (tertiary/aromatic N) is 2. The average Bonchev–Trinajstić information content (AvgIpc) is 2.68. The van der Waals surface area contributed by atoms with E-state index in [1.807, 2.05) is 13.8 Å². The van der Waals surface area contributed by atoms with Crippen molar-refractivity contribution in [1.82, 2.24) is 9.55 Å². The summed E-state index contributed by atoms with van der Waals surface area (Å²) in [6.45, 7) is 3.77. The molecule has 2 heterocycles.